The molecular weight excluding hydrogens is 380 g/mol. The van der Waals surface area contributed by atoms with Gasteiger partial charge in [0.1, 0.15) is 12.4 Å². The van der Waals surface area contributed by atoms with E-state index >= 15 is 0 Å². The van der Waals surface area contributed by atoms with E-state index in [1.807, 2.05) is 19.9 Å². The lowest BCUT2D eigenvalue weighted by Gasteiger charge is -2.24. The zero-order valence-corrected chi connectivity index (χ0v) is 16.6. The molecule has 0 amide bonds. The molecule has 7 heteroatoms. The maximum Gasteiger partial charge on any atom is 0.180 e. The first kappa shape index (κ1) is 22.5. The molecule has 2 aromatic carbocycles. The van der Waals surface area contributed by atoms with Crippen LogP contribution in [-0.4, -0.2) is 24.4 Å². The number of ether oxygens (including phenoxy) is 2. The van der Waals surface area contributed by atoms with Crippen LogP contribution in [0.4, 0.5) is 4.39 Å². The maximum atomic E-state index is 13.7. The van der Waals surface area contributed by atoms with Crippen LogP contribution in [0.1, 0.15) is 25.0 Å². The number of methoxy groups -OCH3 is 1. The quantitative estimate of drug-likeness (QED) is 0.687. The molecule has 144 valence electrons. The third kappa shape index (κ3) is 6.02. The van der Waals surface area contributed by atoms with Crippen molar-refractivity contribution in [3.8, 4) is 11.5 Å². The van der Waals surface area contributed by atoms with Crippen LogP contribution in [0.15, 0.2) is 36.4 Å². The number of hydrogen-bond acceptors (Lipinski definition) is 4. The number of halogens is 3. The van der Waals surface area contributed by atoms with Crippen LogP contribution in [0.2, 0.25) is 5.02 Å². The van der Waals surface area contributed by atoms with E-state index in [1.165, 1.54) is 13.2 Å². The summed E-state index contributed by atoms with van der Waals surface area (Å²) in [6.07, 6.45) is 0. The summed E-state index contributed by atoms with van der Waals surface area (Å²) in [6, 6.07) is 9.99. The summed E-state index contributed by atoms with van der Waals surface area (Å²) in [5.74, 6) is 0.518. The summed E-state index contributed by atoms with van der Waals surface area (Å²) in [6.45, 7) is 4.38. The van der Waals surface area contributed by atoms with Crippen molar-refractivity contribution in [3.63, 3.8) is 0 Å². The lowest BCUT2D eigenvalue weighted by molar-refractivity contribution is 0.187. The van der Waals surface area contributed by atoms with Crippen molar-refractivity contribution in [2.75, 3.05) is 13.7 Å². The highest BCUT2D eigenvalue weighted by Gasteiger charge is 2.17. The summed E-state index contributed by atoms with van der Waals surface area (Å²) < 4.78 is 24.8. The van der Waals surface area contributed by atoms with Gasteiger partial charge in [-0.05, 0) is 37.6 Å². The van der Waals surface area contributed by atoms with Crippen LogP contribution in [-0.2, 0) is 13.2 Å². The number of benzene rings is 2. The number of rotatable bonds is 8. The molecule has 0 unspecified atom stereocenters. The molecule has 0 aromatic heterocycles. The fourth-order valence-electron chi connectivity index (χ4n) is 2.18. The van der Waals surface area contributed by atoms with Gasteiger partial charge in [-0.2, -0.15) is 0 Å². The highest BCUT2D eigenvalue weighted by Crippen LogP contribution is 2.37. The van der Waals surface area contributed by atoms with Gasteiger partial charge in [0.2, 0.25) is 0 Å². The van der Waals surface area contributed by atoms with Gasteiger partial charge in [-0.3, -0.25) is 0 Å². The Morgan fingerprint density at radius 3 is 2.54 bits per heavy atom. The predicted octanol–water partition coefficient (Wildman–Crippen LogP) is 4.35. The first-order valence-corrected chi connectivity index (χ1v) is 8.32. The van der Waals surface area contributed by atoms with E-state index in [4.69, 9.17) is 21.1 Å². The van der Waals surface area contributed by atoms with Gasteiger partial charge < -0.3 is 19.9 Å². The first-order valence-electron chi connectivity index (χ1n) is 7.95. The highest BCUT2D eigenvalue weighted by atomic mass is 35.5. The van der Waals surface area contributed by atoms with Crippen molar-refractivity contribution >= 4 is 24.0 Å². The van der Waals surface area contributed by atoms with E-state index in [9.17, 15) is 9.50 Å². The molecule has 0 saturated carbocycles. The van der Waals surface area contributed by atoms with Crippen LogP contribution in [0.3, 0.4) is 0 Å². The topological polar surface area (TPSA) is 50.7 Å². The summed E-state index contributed by atoms with van der Waals surface area (Å²) >= 11 is 6.33. The molecule has 2 aromatic rings. The number of nitrogens with one attached hydrogen (secondary N) is 1. The smallest absolute Gasteiger partial charge is 0.180 e. The molecule has 0 fully saturated rings. The largest absolute Gasteiger partial charge is 0.493 e. The van der Waals surface area contributed by atoms with E-state index in [0.29, 0.717) is 28.6 Å². The molecule has 0 bridgehead atoms. The predicted molar refractivity (Wildman–Crippen MR) is 104 cm³/mol. The lowest BCUT2D eigenvalue weighted by Crippen LogP contribution is -2.42. The number of aliphatic hydroxyl groups excluding tert-OH is 1. The minimum Gasteiger partial charge on any atom is -0.493 e. The van der Waals surface area contributed by atoms with E-state index < -0.39 is 5.54 Å². The summed E-state index contributed by atoms with van der Waals surface area (Å²) in [4.78, 5) is 0. The molecular formula is C19H24Cl2FNO3. The number of aliphatic hydroxyl groups is 1. The van der Waals surface area contributed by atoms with Crippen LogP contribution < -0.4 is 14.8 Å². The van der Waals surface area contributed by atoms with Crippen molar-refractivity contribution in [1.82, 2.24) is 5.32 Å². The van der Waals surface area contributed by atoms with E-state index in [0.717, 1.165) is 5.56 Å². The Labute approximate surface area is 164 Å². The Morgan fingerprint density at radius 1 is 1.23 bits per heavy atom. The SMILES string of the molecule is COc1cc(CNC(C)(C)CO)cc(Cl)c1OCc1ccccc1F.Cl. The lowest BCUT2D eigenvalue weighted by atomic mass is 10.1. The Kier molecular flexibility index (Phi) is 8.63. The van der Waals surface area contributed by atoms with E-state index in [2.05, 4.69) is 5.32 Å². The van der Waals surface area contributed by atoms with Crippen molar-refractivity contribution in [3.05, 3.63) is 58.4 Å². The Morgan fingerprint density at radius 2 is 1.92 bits per heavy atom. The van der Waals surface area contributed by atoms with E-state index in [-0.39, 0.29) is 31.4 Å². The molecule has 26 heavy (non-hydrogen) atoms. The average Bonchev–Trinajstić information content (AvgIpc) is 2.60. The summed E-state index contributed by atoms with van der Waals surface area (Å²) in [7, 11) is 1.52. The van der Waals surface area contributed by atoms with Crippen LogP contribution in [0, 0.1) is 5.82 Å². The Hall–Kier alpha value is -1.53. The van der Waals surface area contributed by atoms with Crippen molar-refractivity contribution < 1.29 is 19.0 Å². The van der Waals surface area contributed by atoms with Crippen LogP contribution >= 0.6 is 24.0 Å². The molecule has 2 N–H and O–H groups in total. The fraction of sp³-hybridized carbons (Fsp3) is 0.368. The Bertz CT molecular complexity index is 726. The van der Waals surface area contributed by atoms with Crippen LogP contribution in [0.25, 0.3) is 0 Å². The maximum absolute atomic E-state index is 13.7. The van der Waals surface area contributed by atoms with Crippen molar-refractivity contribution in [2.24, 2.45) is 0 Å². The molecule has 0 radical (unpaired) electrons. The summed E-state index contributed by atoms with van der Waals surface area (Å²) in [5, 5.41) is 12.9. The minimum atomic E-state index is -0.403. The summed E-state index contributed by atoms with van der Waals surface area (Å²) in [5.41, 5.74) is 0.928. The van der Waals surface area contributed by atoms with Gasteiger partial charge in [0, 0.05) is 17.6 Å². The number of hydrogen-bond donors (Lipinski definition) is 2. The van der Waals surface area contributed by atoms with Gasteiger partial charge in [0.25, 0.3) is 0 Å². The molecule has 0 aliphatic rings. The van der Waals surface area contributed by atoms with Gasteiger partial charge in [-0.25, -0.2) is 4.39 Å². The average molecular weight is 404 g/mol. The zero-order chi connectivity index (χ0) is 18.4. The van der Waals surface area contributed by atoms with Crippen molar-refractivity contribution in [2.45, 2.75) is 32.5 Å². The third-order valence-corrected chi connectivity index (χ3v) is 4.07. The van der Waals surface area contributed by atoms with E-state index in [1.54, 1.807) is 24.3 Å². The minimum absolute atomic E-state index is 0. The standard InChI is InChI=1S/C19H23ClFNO3.ClH/c1-19(2,12-23)22-10-13-8-15(20)18(17(9-13)24-3)25-11-14-6-4-5-7-16(14)21;/h4-9,22-23H,10-12H2,1-3H3;1H. The van der Waals surface area contributed by atoms with Crippen LogP contribution in [0.5, 0.6) is 11.5 Å². The van der Waals surface area contributed by atoms with Gasteiger partial charge in [0.05, 0.1) is 18.7 Å². The van der Waals surface area contributed by atoms with Gasteiger partial charge in [-0.1, -0.05) is 29.8 Å². The fourth-order valence-corrected chi connectivity index (χ4v) is 2.47. The molecule has 0 saturated heterocycles. The van der Waals surface area contributed by atoms with Crippen molar-refractivity contribution in [1.29, 1.82) is 0 Å². The normalized spacial score (nSPS) is 11.0. The molecule has 4 nitrogen and oxygen atoms in total. The van der Waals surface area contributed by atoms with Gasteiger partial charge in [-0.15, -0.1) is 12.4 Å². The molecule has 0 spiro atoms. The van der Waals surface area contributed by atoms with Gasteiger partial charge >= 0.3 is 0 Å². The molecule has 0 atom stereocenters. The second kappa shape index (κ2) is 9.97. The molecule has 0 heterocycles. The molecule has 0 aliphatic carbocycles. The second-order valence-electron chi connectivity index (χ2n) is 6.38. The second-order valence-corrected chi connectivity index (χ2v) is 6.79. The first-order chi connectivity index (χ1) is 11.9. The zero-order valence-electron chi connectivity index (χ0n) is 15.0. The molecule has 0 aliphatic heterocycles. The highest BCUT2D eigenvalue weighted by molar-refractivity contribution is 6.32. The van der Waals surface area contributed by atoms with Gasteiger partial charge in [0.15, 0.2) is 11.5 Å². The third-order valence-electron chi connectivity index (χ3n) is 3.79. The monoisotopic (exact) mass is 403 g/mol. The Balaban J connectivity index is 0.00000338. The molecule has 2 rings (SSSR count).